The van der Waals surface area contributed by atoms with Crippen LogP contribution in [0.2, 0.25) is 0 Å². The van der Waals surface area contributed by atoms with Crippen molar-refractivity contribution in [3.8, 4) is 0 Å². The summed E-state index contributed by atoms with van der Waals surface area (Å²) in [4.78, 5) is 67.7. The largest absolute Gasteiger partial charge is 0.459 e. The quantitative estimate of drug-likeness (QED) is 0.459. The van der Waals surface area contributed by atoms with E-state index in [0.29, 0.717) is 48.2 Å². The SMILES string of the molecule is CN1CC(=O)N(CC(=O)NCc2cc3cc(C(=O)N4CCC(N5C(=O)OCc6ccccc65)CC4)ccc3o2)C1=O. The van der Waals surface area contributed by atoms with Crippen molar-refractivity contribution in [2.24, 2.45) is 0 Å². The molecule has 3 aliphatic heterocycles. The molecule has 0 spiro atoms. The second-order valence-electron chi connectivity index (χ2n) is 10.4. The number of cyclic esters (lactones) is 1. The second-order valence-corrected chi connectivity index (χ2v) is 10.4. The van der Waals surface area contributed by atoms with Gasteiger partial charge in [-0.15, -0.1) is 0 Å². The molecule has 41 heavy (non-hydrogen) atoms. The number of likely N-dealkylation sites (tertiary alicyclic amines) is 1. The lowest BCUT2D eigenvalue weighted by Gasteiger charge is -2.40. The molecule has 0 atom stereocenters. The molecular formula is C29H29N5O7. The average Bonchev–Trinajstić information content (AvgIpc) is 3.50. The van der Waals surface area contributed by atoms with Crippen LogP contribution in [0.3, 0.4) is 0 Å². The van der Waals surface area contributed by atoms with Crippen LogP contribution in [0, 0.1) is 0 Å². The number of carbonyl (C=O) groups is 5. The number of nitrogens with zero attached hydrogens (tertiary/aromatic N) is 4. The molecule has 0 aliphatic carbocycles. The van der Waals surface area contributed by atoms with Crippen molar-refractivity contribution in [3.63, 3.8) is 0 Å². The Bertz CT molecular complexity index is 1560. The summed E-state index contributed by atoms with van der Waals surface area (Å²) in [6.45, 7) is 0.950. The van der Waals surface area contributed by atoms with E-state index in [1.165, 1.54) is 11.9 Å². The second kappa shape index (κ2) is 10.6. The molecule has 2 saturated heterocycles. The number of furan rings is 1. The summed E-state index contributed by atoms with van der Waals surface area (Å²) in [6.07, 6.45) is 0.923. The van der Waals surface area contributed by atoms with E-state index in [1.807, 2.05) is 24.3 Å². The number of hydrogen-bond donors (Lipinski definition) is 1. The number of fused-ring (bicyclic) bond motifs is 2. The maximum Gasteiger partial charge on any atom is 0.414 e. The number of ether oxygens (including phenoxy) is 1. The standard InChI is InChI=1S/C29H29N5O7/c1-31-16-26(36)33(28(31)38)15-25(35)30-14-22-13-20-12-18(6-7-24(20)41-22)27(37)32-10-8-21(9-11-32)34-23-5-3-2-4-19(23)17-40-29(34)39/h2-7,12-13,21H,8-11,14-17H2,1H3,(H,30,35). The van der Waals surface area contributed by atoms with Gasteiger partial charge in [-0.3, -0.25) is 24.2 Å². The van der Waals surface area contributed by atoms with E-state index in [4.69, 9.17) is 9.15 Å². The molecule has 12 heteroatoms. The zero-order valence-electron chi connectivity index (χ0n) is 22.5. The summed E-state index contributed by atoms with van der Waals surface area (Å²) in [7, 11) is 1.50. The van der Waals surface area contributed by atoms with Crippen molar-refractivity contribution in [1.82, 2.24) is 20.0 Å². The minimum absolute atomic E-state index is 0.0453. The first-order valence-electron chi connectivity index (χ1n) is 13.5. The lowest BCUT2D eigenvalue weighted by atomic mass is 10.00. The molecule has 0 bridgehead atoms. The van der Waals surface area contributed by atoms with Crippen LogP contribution in [0.25, 0.3) is 11.0 Å². The highest BCUT2D eigenvalue weighted by Crippen LogP contribution is 2.32. The third-order valence-corrected chi connectivity index (χ3v) is 7.72. The molecule has 1 aromatic heterocycles. The number of para-hydroxylation sites is 1. The van der Waals surface area contributed by atoms with E-state index in [9.17, 15) is 24.0 Å². The monoisotopic (exact) mass is 559 g/mol. The normalized spacial score (nSPS) is 17.7. The predicted molar refractivity (Wildman–Crippen MR) is 146 cm³/mol. The molecule has 212 valence electrons. The number of amides is 6. The smallest absolute Gasteiger partial charge is 0.414 e. The number of nitrogens with one attached hydrogen (secondary N) is 1. The van der Waals surface area contributed by atoms with Crippen molar-refractivity contribution < 1.29 is 33.1 Å². The Hall–Kier alpha value is -4.87. The highest BCUT2D eigenvalue weighted by molar-refractivity contribution is 6.04. The maximum atomic E-state index is 13.3. The summed E-state index contributed by atoms with van der Waals surface area (Å²) >= 11 is 0. The highest BCUT2D eigenvalue weighted by Gasteiger charge is 2.36. The highest BCUT2D eigenvalue weighted by atomic mass is 16.6. The number of hydrogen-bond acceptors (Lipinski definition) is 7. The Kier molecular flexibility index (Phi) is 6.82. The van der Waals surface area contributed by atoms with E-state index < -0.39 is 17.8 Å². The van der Waals surface area contributed by atoms with Crippen molar-refractivity contribution in [2.75, 3.05) is 38.1 Å². The van der Waals surface area contributed by atoms with Crippen molar-refractivity contribution in [1.29, 1.82) is 0 Å². The Morgan fingerprint density at radius 3 is 2.56 bits per heavy atom. The van der Waals surface area contributed by atoms with E-state index in [-0.39, 0.29) is 44.3 Å². The molecule has 4 heterocycles. The summed E-state index contributed by atoms with van der Waals surface area (Å²) in [6, 6.07) is 14.1. The zero-order valence-corrected chi connectivity index (χ0v) is 22.5. The minimum Gasteiger partial charge on any atom is -0.459 e. The fourth-order valence-electron chi connectivity index (χ4n) is 5.56. The van der Waals surface area contributed by atoms with Crippen molar-refractivity contribution >= 4 is 46.5 Å². The minimum atomic E-state index is -0.505. The summed E-state index contributed by atoms with van der Waals surface area (Å²) < 4.78 is 11.2. The van der Waals surface area contributed by atoms with Gasteiger partial charge in [0.05, 0.1) is 12.2 Å². The number of anilines is 1. The van der Waals surface area contributed by atoms with E-state index in [0.717, 1.165) is 16.2 Å². The van der Waals surface area contributed by atoms with Crippen molar-refractivity contribution in [3.05, 3.63) is 65.4 Å². The van der Waals surface area contributed by atoms with Gasteiger partial charge in [-0.25, -0.2) is 9.59 Å². The summed E-state index contributed by atoms with van der Waals surface area (Å²) in [5.41, 5.74) is 2.93. The molecule has 2 fully saturated rings. The Labute approximate surface area is 235 Å². The van der Waals surface area contributed by atoms with Crippen LogP contribution in [-0.2, 0) is 27.5 Å². The molecule has 0 unspecified atom stereocenters. The Morgan fingerprint density at radius 2 is 1.80 bits per heavy atom. The van der Waals surface area contributed by atoms with Crippen LogP contribution in [0.1, 0.15) is 34.5 Å². The van der Waals surface area contributed by atoms with Gasteiger partial charge in [0.1, 0.15) is 31.0 Å². The van der Waals surface area contributed by atoms with Crippen LogP contribution in [-0.4, -0.2) is 83.8 Å². The van der Waals surface area contributed by atoms with E-state index >= 15 is 0 Å². The van der Waals surface area contributed by atoms with Gasteiger partial charge < -0.3 is 24.3 Å². The molecule has 6 rings (SSSR count). The molecule has 1 N–H and O–H groups in total. The first-order valence-corrected chi connectivity index (χ1v) is 13.5. The van der Waals surface area contributed by atoms with Crippen LogP contribution in [0.5, 0.6) is 0 Å². The van der Waals surface area contributed by atoms with Gasteiger partial charge in [-0.05, 0) is 43.2 Å². The van der Waals surface area contributed by atoms with Gasteiger partial charge in [0.2, 0.25) is 5.91 Å². The lowest BCUT2D eigenvalue weighted by Crippen LogP contribution is -2.50. The Morgan fingerprint density at radius 1 is 1.02 bits per heavy atom. The lowest BCUT2D eigenvalue weighted by molar-refractivity contribution is -0.130. The number of likely N-dealkylation sites (N-methyl/N-ethyl adjacent to an activating group) is 1. The van der Waals surface area contributed by atoms with Crippen LogP contribution >= 0.6 is 0 Å². The number of urea groups is 1. The van der Waals surface area contributed by atoms with Crippen LogP contribution < -0.4 is 10.2 Å². The number of imide groups is 1. The molecule has 0 radical (unpaired) electrons. The molecule has 2 aromatic carbocycles. The maximum absolute atomic E-state index is 13.3. The van der Waals surface area contributed by atoms with Gasteiger partial charge in [0.25, 0.3) is 11.8 Å². The molecular weight excluding hydrogens is 530 g/mol. The van der Waals surface area contributed by atoms with Gasteiger partial charge in [0.15, 0.2) is 0 Å². The molecule has 6 amide bonds. The molecule has 12 nitrogen and oxygen atoms in total. The number of piperidine rings is 1. The van der Waals surface area contributed by atoms with E-state index in [1.54, 1.807) is 34.1 Å². The molecule has 3 aliphatic rings. The number of carbonyl (C=O) groups excluding carboxylic acids is 5. The van der Waals surface area contributed by atoms with Gasteiger partial charge in [-0.2, -0.15) is 0 Å². The first kappa shape index (κ1) is 26.4. The third kappa shape index (κ3) is 5.08. The topological polar surface area (TPSA) is 133 Å². The Balaban J connectivity index is 1.06. The van der Waals surface area contributed by atoms with Crippen molar-refractivity contribution in [2.45, 2.75) is 32.0 Å². The first-order chi connectivity index (χ1) is 19.8. The zero-order chi connectivity index (χ0) is 28.7. The summed E-state index contributed by atoms with van der Waals surface area (Å²) in [5, 5.41) is 3.38. The van der Waals surface area contributed by atoms with Gasteiger partial charge >= 0.3 is 12.1 Å². The predicted octanol–water partition coefficient (Wildman–Crippen LogP) is 2.70. The average molecular weight is 560 g/mol. The number of benzene rings is 2. The molecule has 0 saturated carbocycles. The van der Waals surface area contributed by atoms with Gasteiger partial charge in [-0.1, -0.05) is 18.2 Å². The van der Waals surface area contributed by atoms with Crippen LogP contribution in [0.4, 0.5) is 15.3 Å². The fraction of sp³-hybridized carbons (Fsp3) is 0.345. The third-order valence-electron chi connectivity index (χ3n) is 7.72. The fourth-order valence-corrected chi connectivity index (χ4v) is 5.56. The number of rotatable bonds is 6. The van der Waals surface area contributed by atoms with Crippen LogP contribution in [0.15, 0.2) is 52.9 Å². The van der Waals surface area contributed by atoms with Gasteiger partial charge in [0, 0.05) is 42.7 Å². The summed E-state index contributed by atoms with van der Waals surface area (Å²) in [5.74, 6) is -0.531. The molecule has 3 aromatic rings. The van der Waals surface area contributed by atoms with E-state index in [2.05, 4.69) is 5.32 Å².